The highest BCUT2D eigenvalue weighted by Crippen LogP contribution is 2.11. The van der Waals surface area contributed by atoms with Gasteiger partial charge in [0.15, 0.2) is 0 Å². The lowest BCUT2D eigenvalue weighted by Crippen LogP contribution is -2.39. The Kier molecular flexibility index (Phi) is 4.31. The molecule has 0 unspecified atom stereocenters. The summed E-state index contributed by atoms with van der Waals surface area (Å²) in [5, 5.41) is 3.13. The fourth-order valence-electron chi connectivity index (χ4n) is 1.46. The maximum Gasteiger partial charge on any atom is 0.250 e. The molecule has 0 spiro atoms. The van der Waals surface area contributed by atoms with Crippen molar-refractivity contribution in [2.24, 2.45) is 0 Å². The van der Waals surface area contributed by atoms with Gasteiger partial charge in [-0.05, 0) is 12.5 Å². The molecule has 0 aromatic carbocycles. The summed E-state index contributed by atoms with van der Waals surface area (Å²) in [5.74, 6) is 0.0892. The number of nitrogens with one attached hydrogen (secondary N) is 1. The van der Waals surface area contributed by atoms with E-state index in [0.29, 0.717) is 13.1 Å². The van der Waals surface area contributed by atoms with Gasteiger partial charge >= 0.3 is 0 Å². The van der Waals surface area contributed by atoms with Crippen LogP contribution in [0, 0.1) is 0 Å². The van der Waals surface area contributed by atoms with Crippen LogP contribution in [0.15, 0.2) is 36.5 Å². The summed E-state index contributed by atoms with van der Waals surface area (Å²) in [7, 11) is 0. The summed E-state index contributed by atoms with van der Waals surface area (Å²) in [6.07, 6.45) is 3.47. The molecule has 3 nitrogen and oxygen atoms in total. The molecular weight excluding hydrogens is 188 g/mol. The molecule has 0 atom stereocenters. The Morgan fingerprint density at radius 2 is 1.93 bits per heavy atom. The van der Waals surface area contributed by atoms with Crippen LogP contribution in [0.3, 0.4) is 0 Å². The predicted molar refractivity (Wildman–Crippen MR) is 62.5 cm³/mol. The third-order valence-corrected chi connectivity index (χ3v) is 2.51. The number of hydrogen-bond acceptors (Lipinski definition) is 2. The summed E-state index contributed by atoms with van der Waals surface area (Å²) in [4.78, 5) is 13.7. The van der Waals surface area contributed by atoms with Crippen molar-refractivity contribution in [1.29, 1.82) is 0 Å². The number of amides is 1. The van der Waals surface area contributed by atoms with Crippen molar-refractivity contribution in [2.75, 3.05) is 26.2 Å². The smallest absolute Gasteiger partial charge is 0.250 e. The molecule has 0 aromatic heterocycles. The van der Waals surface area contributed by atoms with Gasteiger partial charge in [-0.1, -0.05) is 12.2 Å². The van der Waals surface area contributed by atoms with Gasteiger partial charge in [0.2, 0.25) is 5.91 Å². The molecule has 1 amide bonds. The summed E-state index contributed by atoms with van der Waals surface area (Å²) >= 11 is 0. The van der Waals surface area contributed by atoms with Crippen molar-refractivity contribution in [3.05, 3.63) is 36.5 Å². The molecule has 0 bridgehead atoms. The van der Waals surface area contributed by atoms with Gasteiger partial charge in [-0.3, -0.25) is 4.79 Å². The average molecular weight is 206 g/mol. The number of rotatable bonds is 5. The zero-order chi connectivity index (χ0) is 11.3. The molecule has 1 N–H and O–H groups in total. The Morgan fingerprint density at radius 1 is 1.40 bits per heavy atom. The normalized spacial score (nSPS) is 14.1. The number of hydrogen-bond donors (Lipinski definition) is 1. The maximum absolute atomic E-state index is 12.0. The minimum Gasteiger partial charge on any atom is -0.332 e. The van der Waals surface area contributed by atoms with Crippen LogP contribution < -0.4 is 5.32 Å². The first-order chi connectivity index (χ1) is 7.20. The molecule has 1 rings (SSSR count). The van der Waals surface area contributed by atoms with E-state index in [4.69, 9.17) is 0 Å². The second-order valence-electron chi connectivity index (χ2n) is 3.62. The first-order valence-electron chi connectivity index (χ1n) is 5.11. The van der Waals surface area contributed by atoms with E-state index in [2.05, 4.69) is 18.5 Å². The quantitative estimate of drug-likeness (QED) is 0.540. The van der Waals surface area contributed by atoms with Crippen LogP contribution in [0.4, 0.5) is 0 Å². The topological polar surface area (TPSA) is 32.3 Å². The molecule has 82 valence electrons. The van der Waals surface area contributed by atoms with E-state index in [9.17, 15) is 4.79 Å². The monoisotopic (exact) mass is 206 g/mol. The molecule has 0 radical (unpaired) electrons. The van der Waals surface area contributed by atoms with E-state index in [1.165, 1.54) is 5.57 Å². The Labute approximate surface area is 91.2 Å². The summed E-state index contributed by atoms with van der Waals surface area (Å²) in [6.45, 7) is 12.0. The standard InChI is InChI=1S/C12H18N2O/c1-4-6-14(7-5-2)12(15)10(3)11-8-13-9-11/h4-5,13H,1-2,6-9H2,3H3. The van der Waals surface area contributed by atoms with Crippen molar-refractivity contribution in [2.45, 2.75) is 6.92 Å². The van der Waals surface area contributed by atoms with Gasteiger partial charge in [0.05, 0.1) is 0 Å². The van der Waals surface area contributed by atoms with Crippen LogP contribution in [0.25, 0.3) is 0 Å². The maximum atomic E-state index is 12.0. The second kappa shape index (κ2) is 5.51. The van der Waals surface area contributed by atoms with E-state index < -0.39 is 0 Å². The lowest BCUT2D eigenvalue weighted by Gasteiger charge is -2.25. The molecule has 1 fully saturated rings. The van der Waals surface area contributed by atoms with E-state index >= 15 is 0 Å². The first kappa shape index (κ1) is 11.7. The van der Waals surface area contributed by atoms with Crippen molar-refractivity contribution in [3.8, 4) is 0 Å². The van der Waals surface area contributed by atoms with Gasteiger partial charge in [0, 0.05) is 31.8 Å². The minimum absolute atomic E-state index is 0.0892. The third kappa shape index (κ3) is 2.80. The van der Waals surface area contributed by atoms with Crippen LogP contribution in [0.5, 0.6) is 0 Å². The van der Waals surface area contributed by atoms with Crippen molar-refractivity contribution < 1.29 is 4.79 Å². The SMILES string of the molecule is C=CCN(CC=C)C(=O)C(C)=C1CNC1. The van der Waals surface area contributed by atoms with Crippen LogP contribution in [-0.4, -0.2) is 37.0 Å². The molecular formula is C12H18N2O. The van der Waals surface area contributed by atoms with Crippen LogP contribution in [-0.2, 0) is 4.79 Å². The van der Waals surface area contributed by atoms with Crippen molar-refractivity contribution >= 4 is 5.91 Å². The average Bonchev–Trinajstić information content (AvgIpc) is 2.13. The Bertz CT molecular complexity index is 289. The van der Waals surface area contributed by atoms with Crippen molar-refractivity contribution in [3.63, 3.8) is 0 Å². The van der Waals surface area contributed by atoms with Crippen LogP contribution in [0.2, 0.25) is 0 Å². The molecule has 15 heavy (non-hydrogen) atoms. The van der Waals surface area contributed by atoms with Gasteiger partial charge in [-0.15, -0.1) is 13.2 Å². The molecule has 1 aliphatic heterocycles. The van der Waals surface area contributed by atoms with Crippen LogP contribution >= 0.6 is 0 Å². The Hall–Kier alpha value is -1.35. The van der Waals surface area contributed by atoms with E-state index in [-0.39, 0.29) is 5.91 Å². The van der Waals surface area contributed by atoms with Gasteiger partial charge < -0.3 is 10.2 Å². The largest absolute Gasteiger partial charge is 0.332 e. The molecule has 1 aliphatic rings. The van der Waals surface area contributed by atoms with Gasteiger partial charge in [0.25, 0.3) is 0 Å². The molecule has 1 saturated heterocycles. The highest BCUT2D eigenvalue weighted by molar-refractivity contribution is 5.94. The summed E-state index contributed by atoms with van der Waals surface area (Å²) < 4.78 is 0. The van der Waals surface area contributed by atoms with Gasteiger partial charge in [-0.2, -0.15) is 0 Å². The zero-order valence-corrected chi connectivity index (χ0v) is 9.25. The predicted octanol–water partition coefficient (Wildman–Crippen LogP) is 1.11. The van der Waals surface area contributed by atoms with E-state index in [1.807, 2.05) is 6.92 Å². The molecule has 0 aromatic rings. The Morgan fingerprint density at radius 3 is 2.27 bits per heavy atom. The van der Waals surface area contributed by atoms with E-state index in [1.54, 1.807) is 17.1 Å². The molecule has 0 saturated carbocycles. The summed E-state index contributed by atoms with van der Waals surface area (Å²) in [5.41, 5.74) is 2.07. The first-order valence-corrected chi connectivity index (χ1v) is 5.11. The fourth-order valence-corrected chi connectivity index (χ4v) is 1.46. The lowest BCUT2D eigenvalue weighted by atomic mass is 10.0. The molecule has 0 aliphatic carbocycles. The zero-order valence-electron chi connectivity index (χ0n) is 9.25. The second-order valence-corrected chi connectivity index (χ2v) is 3.62. The third-order valence-electron chi connectivity index (χ3n) is 2.51. The molecule has 3 heteroatoms. The van der Waals surface area contributed by atoms with Gasteiger partial charge in [0.1, 0.15) is 0 Å². The minimum atomic E-state index is 0.0892. The summed E-state index contributed by atoms with van der Waals surface area (Å²) in [6, 6.07) is 0. The number of carbonyl (C=O) groups excluding carboxylic acids is 1. The fraction of sp³-hybridized carbons (Fsp3) is 0.417. The highest BCUT2D eigenvalue weighted by atomic mass is 16.2. The van der Waals surface area contributed by atoms with E-state index in [0.717, 1.165) is 18.7 Å². The van der Waals surface area contributed by atoms with Crippen LogP contribution in [0.1, 0.15) is 6.92 Å². The van der Waals surface area contributed by atoms with Gasteiger partial charge in [-0.25, -0.2) is 0 Å². The lowest BCUT2D eigenvalue weighted by molar-refractivity contribution is -0.126. The number of nitrogens with zero attached hydrogens (tertiary/aromatic N) is 1. The molecule has 1 heterocycles. The Balaban J connectivity index is 2.69. The van der Waals surface area contributed by atoms with Crippen molar-refractivity contribution in [1.82, 2.24) is 10.2 Å². The number of carbonyl (C=O) groups is 1. The highest BCUT2D eigenvalue weighted by Gasteiger charge is 2.19.